The molecule has 0 fully saturated rings. The molecule has 3 nitrogen and oxygen atoms in total. The van der Waals surface area contributed by atoms with Crippen molar-refractivity contribution in [3.8, 4) is 5.75 Å². The molecule has 1 rings (SSSR count). The van der Waals surface area contributed by atoms with E-state index in [4.69, 9.17) is 4.74 Å². The van der Waals surface area contributed by atoms with E-state index in [1.54, 1.807) is 7.11 Å². The maximum absolute atomic E-state index is 12.1. The lowest BCUT2D eigenvalue weighted by molar-refractivity contribution is -0.121. The highest BCUT2D eigenvalue weighted by atomic mass is 79.9. The van der Waals surface area contributed by atoms with Crippen LogP contribution < -0.4 is 10.1 Å². The molecule has 0 saturated heterocycles. The Bertz CT molecular complexity index is 407. The standard InChI is InChI=1S/C14H20BrNO2/c1-4-16-9-10(2)13(17)8-11-7-12(15)5-6-14(11)18-3/h5-7,10,16H,4,8-9H2,1-3H3. The fourth-order valence-electron chi connectivity index (χ4n) is 1.72. The smallest absolute Gasteiger partial charge is 0.141 e. The number of carbonyl (C=O) groups is 1. The molecule has 1 N–H and O–H groups in total. The van der Waals surface area contributed by atoms with Crippen molar-refractivity contribution in [1.29, 1.82) is 0 Å². The largest absolute Gasteiger partial charge is 0.496 e. The van der Waals surface area contributed by atoms with E-state index in [1.165, 1.54) is 0 Å². The Morgan fingerprint density at radius 2 is 2.22 bits per heavy atom. The van der Waals surface area contributed by atoms with Crippen molar-refractivity contribution in [2.45, 2.75) is 20.3 Å². The van der Waals surface area contributed by atoms with Crippen molar-refractivity contribution >= 4 is 21.7 Å². The molecule has 0 bridgehead atoms. The van der Waals surface area contributed by atoms with Gasteiger partial charge >= 0.3 is 0 Å². The van der Waals surface area contributed by atoms with Crippen LogP contribution in [0.3, 0.4) is 0 Å². The van der Waals surface area contributed by atoms with E-state index in [2.05, 4.69) is 21.2 Å². The zero-order chi connectivity index (χ0) is 13.5. The zero-order valence-corrected chi connectivity index (χ0v) is 12.7. The second kappa shape index (κ2) is 7.54. The molecular weight excluding hydrogens is 294 g/mol. The van der Waals surface area contributed by atoms with Crippen LogP contribution in [0.1, 0.15) is 19.4 Å². The molecule has 0 aliphatic heterocycles. The van der Waals surface area contributed by atoms with Gasteiger partial charge in [-0.1, -0.05) is 29.8 Å². The van der Waals surface area contributed by atoms with Crippen LogP contribution in [-0.4, -0.2) is 26.0 Å². The van der Waals surface area contributed by atoms with E-state index < -0.39 is 0 Å². The maximum Gasteiger partial charge on any atom is 0.141 e. The lowest BCUT2D eigenvalue weighted by Gasteiger charge is -2.13. The first-order chi connectivity index (χ1) is 8.58. The average Bonchev–Trinajstić information content (AvgIpc) is 2.36. The highest BCUT2D eigenvalue weighted by Crippen LogP contribution is 2.24. The summed E-state index contributed by atoms with van der Waals surface area (Å²) in [5.41, 5.74) is 0.931. The Balaban J connectivity index is 2.71. The SMILES string of the molecule is CCNCC(C)C(=O)Cc1cc(Br)ccc1OC. The van der Waals surface area contributed by atoms with E-state index in [0.29, 0.717) is 6.42 Å². The van der Waals surface area contributed by atoms with Gasteiger partial charge in [-0.3, -0.25) is 4.79 Å². The number of rotatable bonds is 7. The van der Waals surface area contributed by atoms with Crippen LogP contribution in [0.25, 0.3) is 0 Å². The minimum atomic E-state index is 0.0219. The van der Waals surface area contributed by atoms with Crippen LogP contribution in [0.4, 0.5) is 0 Å². The molecule has 100 valence electrons. The monoisotopic (exact) mass is 313 g/mol. The fraction of sp³-hybridized carbons (Fsp3) is 0.500. The van der Waals surface area contributed by atoms with Crippen molar-refractivity contribution in [3.63, 3.8) is 0 Å². The van der Waals surface area contributed by atoms with Crippen molar-refractivity contribution < 1.29 is 9.53 Å². The number of halogens is 1. The number of methoxy groups -OCH3 is 1. The van der Waals surface area contributed by atoms with Gasteiger partial charge in [-0.15, -0.1) is 0 Å². The lowest BCUT2D eigenvalue weighted by atomic mass is 9.99. The van der Waals surface area contributed by atoms with Gasteiger partial charge in [-0.05, 0) is 24.7 Å². The minimum Gasteiger partial charge on any atom is -0.496 e. The van der Waals surface area contributed by atoms with E-state index in [-0.39, 0.29) is 11.7 Å². The van der Waals surface area contributed by atoms with Gasteiger partial charge in [0, 0.05) is 28.9 Å². The number of hydrogen-bond acceptors (Lipinski definition) is 3. The lowest BCUT2D eigenvalue weighted by Crippen LogP contribution is -2.27. The summed E-state index contributed by atoms with van der Waals surface area (Å²) < 4.78 is 6.24. The van der Waals surface area contributed by atoms with E-state index in [0.717, 1.165) is 28.9 Å². The van der Waals surface area contributed by atoms with Crippen molar-refractivity contribution in [2.24, 2.45) is 5.92 Å². The first-order valence-corrected chi connectivity index (χ1v) is 6.93. The van der Waals surface area contributed by atoms with Crippen molar-refractivity contribution in [1.82, 2.24) is 5.32 Å². The van der Waals surface area contributed by atoms with Gasteiger partial charge in [-0.2, -0.15) is 0 Å². The van der Waals surface area contributed by atoms with Gasteiger partial charge in [0.25, 0.3) is 0 Å². The summed E-state index contributed by atoms with van der Waals surface area (Å²) >= 11 is 3.42. The predicted octanol–water partition coefficient (Wildman–Crippen LogP) is 2.81. The number of benzene rings is 1. The molecule has 0 saturated carbocycles. The summed E-state index contributed by atoms with van der Waals surface area (Å²) in [7, 11) is 1.62. The molecule has 18 heavy (non-hydrogen) atoms. The third kappa shape index (κ3) is 4.42. The van der Waals surface area contributed by atoms with Gasteiger partial charge in [0.1, 0.15) is 11.5 Å². The number of carbonyl (C=O) groups excluding carboxylic acids is 1. The Hall–Kier alpha value is -0.870. The number of Topliss-reactive ketones (excluding diaryl/α,β-unsaturated/α-hetero) is 1. The summed E-state index contributed by atoms with van der Waals surface area (Å²) in [4.78, 5) is 12.1. The third-order valence-corrected chi connectivity index (χ3v) is 3.35. The Morgan fingerprint density at radius 1 is 1.50 bits per heavy atom. The number of ether oxygens (including phenoxy) is 1. The molecule has 0 aliphatic rings. The molecule has 0 radical (unpaired) electrons. The molecule has 4 heteroatoms. The molecule has 1 unspecified atom stereocenters. The van der Waals surface area contributed by atoms with Crippen LogP contribution >= 0.6 is 15.9 Å². The normalized spacial score (nSPS) is 12.2. The van der Waals surface area contributed by atoms with Crippen molar-refractivity contribution in [2.75, 3.05) is 20.2 Å². The van der Waals surface area contributed by atoms with Gasteiger partial charge in [-0.25, -0.2) is 0 Å². The summed E-state index contributed by atoms with van der Waals surface area (Å²) in [6.45, 7) is 5.60. The Morgan fingerprint density at radius 3 is 2.83 bits per heavy atom. The first-order valence-electron chi connectivity index (χ1n) is 6.14. The van der Waals surface area contributed by atoms with Crippen LogP contribution in [0.5, 0.6) is 5.75 Å². The van der Waals surface area contributed by atoms with Crippen molar-refractivity contribution in [3.05, 3.63) is 28.2 Å². The van der Waals surface area contributed by atoms with Gasteiger partial charge in [0.15, 0.2) is 0 Å². The quantitative estimate of drug-likeness (QED) is 0.841. The Kier molecular flexibility index (Phi) is 6.36. The van der Waals surface area contributed by atoms with Crippen LogP contribution in [0.15, 0.2) is 22.7 Å². The third-order valence-electron chi connectivity index (χ3n) is 2.86. The minimum absolute atomic E-state index is 0.0219. The molecule has 1 aromatic rings. The van der Waals surface area contributed by atoms with E-state index in [9.17, 15) is 4.79 Å². The van der Waals surface area contributed by atoms with Crippen LogP contribution in [-0.2, 0) is 11.2 Å². The fourth-order valence-corrected chi connectivity index (χ4v) is 2.13. The van der Waals surface area contributed by atoms with E-state index in [1.807, 2.05) is 32.0 Å². The second-order valence-corrected chi connectivity index (χ2v) is 5.22. The highest BCUT2D eigenvalue weighted by Gasteiger charge is 2.15. The zero-order valence-electron chi connectivity index (χ0n) is 11.1. The van der Waals surface area contributed by atoms with Crippen LogP contribution in [0, 0.1) is 5.92 Å². The van der Waals surface area contributed by atoms with Gasteiger partial charge < -0.3 is 10.1 Å². The van der Waals surface area contributed by atoms with Gasteiger partial charge in [0.05, 0.1) is 7.11 Å². The summed E-state index contributed by atoms with van der Waals surface area (Å²) in [5, 5.41) is 3.19. The summed E-state index contributed by atoms with van der Waals surface area (Å²) in [6.07, 6.45) is 0.412. The van der Waals surface area contributed by atoms with Gasteiger partial charge in [0.2, 0.25) is 0 Å². The Labute approximate surface area is 117 Å². The second-order valence-electron chi connectivity index (χ2n) is 4.31. The number of ketones is 1. The first kappa shape index (κ1) is 15.2. The summed E-state index contributed by atoms with van der Waals surface area (Å²) in [5.74, 6) is 1.02. The average molecular weight is 314 g/mol. The van der Waals surface area contributed by atoms with Crippen LogP contribution in [0.2, 0.25) is 0 Å². The predicted molar refractivity (Wildman–Crippen MR) is 77.1 cm³/mol. The van der Waals surface area contributed by atoms with E-state index >= 15 is 0 Å². The topological polar surface area (TPSA) is 38.3 Å². The molecule has 0 spiro atoms. The molecule has 0 amide bonds. The number of nitrogens with one attached hydrogen (secondary N) is 1. The maximum atomic E-state index is 12.1. The summed E-state index contributed by atoms with van der Waals surface area (Å²) in [6, 6.07) is 5.73. The molecule has 0 aromatic heterocycles. The number of hydrogen-bond donors (Lipinski definition) is 1. The molecule has 1 atom stereocenters. The molecule has 0 heterocycles. The molecular formula is C14H20BrNO2. The molecule has 0 aliphatic carbocycles. The highest BCUT2D eigenvalue weighted by molar-refractivity contribution is 9.10. The molecule has 1 aromatic carbocycles.